The van der Waals surface area contributed by atoms with Crippen LogP contribution in [0.1, 0.15) is 48.1 Å². The van der Waals surface area contributed by atoms with Gasteiger partial charge in [-0.25, -0.2) is 18.9 Å². The number of rotatable bonds is 4. The molecule has 0 aliphatic carbocycles. The maximum Gasteiger partial charge on any atom is 0.356 e. The molecule has 0 aliphatic heterocycles. The number of halogens is 1. The second-order valence-electron chi connectivity index (χ2n) is 7.74. The van der Waals surface area contributed by atoms with E-state index < -0.39 is 17.2 Å². The van der Waals surface area contributed by atoms with Gasteiger partial charge in [-0.15, -0.1) is 0 Å². The summed E-state index contributed by atoms with van der Waals surface area (Å²) in [4.78, 5) is 15.4. The number of aromatic carboxylic acids is 1. The van der Waals surface area contributed by atoms with E-state index in [1.165, 1.54) is 10.9 Å². The lowest BCUT2D eigenvalue weighted by atomic mass is 9.92. The Balaban J connectivity index is 2.26. The molecule has 0 atom stereocenters. The number of aromatic nitrogens is 3. The quantitative estimate of drug-likeness (QED) is 0.680. The molecule has 0 amide bonds. The molecule has 2 N–H and O–H groups in total. The van der Waals surface area contributed by atoms with Crippen molar-refractivity contribution in [1.29, 1.82) is 0 Å². The zero-order valence-corrected chi connectivity index (χ0v) is 16.5. The van der Waals surface area contributed by atoms with Crippen LogP contribution >= 0.6 is 0 Å². The van der Waals surface area contributed by atoms with Crippen LogP contribution in [0.2, 0.25) is 0 Å². The topological polar surface area (TPSA) is 80.0 Å². The lowest BCUT2D eigenvalue weighted by Gasteiger charge is -2.15. The minimum Gasteiger partial charge on any atom is -0.476 e. The molecule has 0 radical (unpaired) electrons. The fraction of sp³-hybridized carbons (Fsp3) is 0.286. The van der Waals surface area contributed by atoms with Crippen LogP contribution in [-0.4, -0.2) is 25.8 Å². The Morgan fingerprint density at radius 1 is 1.14 bits per heavy atom. The van der Waals surface area contributed by atoms with E-state index in [1.54, 1.807) is 12.1 Å². The van der Waals surface area contributed by atoms with Crippen LogP contribution in [0.3, 0.4) is 0 Å². The number of carbonyl (C=O) groups is 1. The number of aryl methyl sites for hydroxylation is 2. The first kappa shape index (κ1) is 19.5. The number of carboxylic acids is 1. The lowest BCUT2D eigenvalue weighted by Crippen LogP contribution is -2.14. The van der Waals surface area contributed by atoms with Gasteiger partial charge in [0.2, 0.25) is 0 Å². The Bertz CT molecular complexity index is 1030. The SMILES string of the molecule is Cc1cccc(C)c1-n1nc(C(C)(C)C)c(F)c1Nc1cccnc1C(=O)O. The van der Waals surface area contributed by atoms with Gasteiger partial charge < -0.3 is 10.4 Å². The maximum absolute atomic E-state index is 15.4. The first-order chi connectivity index (χ1) is 13.1. The molecular weight excluding hydrogens is 359 g/mol. The second kappa shape index (κ2) is 7.07. The molecule has 0 bridgehead atoms. The van der Waals surface area contributed by atoms with Crippen molar-refractivity contribution in [3.8, 4) is 5.69 Å². The summed E-state index contributed by atoms with van der Waals surface area (Å²) in [5, 5.41) is 16.9. The van der Waals surface area contributed by atoms with Crippen molar-refractivity contribution in [2.75, 3.05) is 5.32 Å². The van der Waals surface area contributed by atoms with E-state index in [1.807, 2.05) is 52.8 Å². The second-order valence-corrected chi connectivity index (χ2v) is 7.74. The first-order valence-electron chi connectivity index (χ1n) is 8.92. The first-order valence-corrected chi connectivity index (χ1v) is 8.92. The third kappa shape index (κ3) is 3.47. The van der Waals surface area contributed by atoms with Crippen molar-refractivity contribution in [3.63, 3.8) is 0 Å². The highest BCUT2D eigenvalue weighted by atomic mass is 19.1. The van der Waals surface area contributed by atoms with Crippen molar-refractivity contribution < 1.29 is 14.3 Å². The molecule has 2 aromatic heterocycles. The van der Waals surface area contributed by atoms with Gasteiger partial charge in [0.25, 0.3) is 0 Å². The summed E-state index contributed by atoms with van der Waals surface area (Å²) in [6.45, 7) is 9.49. The Hall–Kier alpha value is -3.22. The van der Waals surface area contributed by atoms with Gasteiger partial charge in [-0.1, -0.05) is 39.0 Å². The van der Waals surface area contributed by atoms with Gasteiger partial charge in [0.05, 0.1) is 11.4 Å². The molecule has 146 valence electrons. The van der Waals surface area contributed by atoms with Crippen LogP contribution in [0, 0.1) is 19.7 Å². The molecular formula is C21H23FN4O2. The third-order valence-electron chi connectivity index (χ3n) is 4.45. The molecule has 0 spiro atoms. The molecule has 1 aromatic carbocycles. The van der Waals surface area contributed by atoms with Gasteiger partial charge in [0, 0.05) is 11.6 Å². The van der Waals surface area contributed by atoms with Crippen molar-refractivity contribution in [3.05, 3.63) is 64.9 Å². The minimum absolute atomic E-state index is 0.0813. The van der Waals surface area contributed by atoms with E-state index >= 15 is 4.39 Å². The smallest absolute Gasteiger partial charge is 0.356 e. The highest BCUT2D eigenvalue weighted by molar-refractivity contribution is 5.92. The molecule has 0 saturated heterocycles. The summed E-state index contributed by atoms with van der Waals surface area (Å²) in [5.74, 6) is -1.63. The zero-order chi connectivity index (χ0) is 20.6. The largest absolute Gasteiger partial charge is 0.476 e. The number of para-hydroxylation sites is 1. The average Bonchev–Trinajstić information content (AvgIpc) is 2.92. The predicted molar refractivity (Wildman–Crippen MR) is 106 cm³/mol. The van der Waals surface area contributed by atoms with E-state index in [4.69, 9.17) is 0 Å². The van der Waals surface area contributed by atoms with E-state index in [9.17, 15) is 9.90 Å². The standard InChI is InChI=1S/C21H23FN4O2/c1-12-8-6-9-13(2)17(12)26-19(15(22)18(25-26)21(3,4)5)24-14-10-7-11-23-16(14)20(27)28/h6-11,24H,1-5H3,(H,27,28). The highest BCUT2D eigenvalue weighted by Gasteiger charge is 2.29. The van der Waals surface area contributed by atoms with Crippen molar-refractivity contribution in [1.82, 2.24) is 14.8 Å². The molecule has 7 heteroatoms. The molecule has 3 aromatic rings. The maximum atomic E-state index is 15.4. The van der Waals surface area contributed by atoms with Crippen LogP contribution in [0.4, 0.5) is 15.9 Å². The van der Waals surface area contributed by atoms with Gasteiger partial charge in [-0.2, -0.15) is 5.10 Å². The number of benzene rings is 1. The molecule has 0 saturated carbocycles. The molecule has 0 unspecified atom stereocenters. The Morgan fingerprint density at radius 3 is 2.36 bits per heavy atom. The summed E-state index contributed by atoms with van der Waals surface area (Å²) in [5.41, 5.74) is 2.37. The fourth-order valence-corrected chi connectivity index (χ4v) is 3.09. The normalized spacial score (nSPS) is 11.5. The van der Waals surface area contributed by atoms with E-state index in [-0.39, 0.29) is 17.2 Å². The number of carboxylic acid groups (broad SMARTS) is 1. The van der Waals surface area contributed by atoms with Crippen LogP contribution < -0.4 is 5.32 Å². The van der Waals surface area contributed by atoms with Gasteiger partial charge in [-0.05, 0) is 37.1 Å². The van der Waals surface area contributed by atoms with Crippen LogP contribution in [0.5, 0.6) is 0 Å². The highest BCUT2D eigenvalue weighted by Crippen LogP contribution is 2.34. The fourth-order valence-electron chi connectivity index (χ4n) is 3.09. The van der Waals surface area contributed by atoms with Gasteiger partial charge >= 0.3 is 5.97 Å². The number of nitrogens with one attached hydrogen (secondary N) is 1. The van der Waals surface area contributed by atoms with Crippen molar-refractivity contribution in [2.45, 2.75) is 40.0 Å². The number of hydrogen-bond acceptors (Lipinski definition) is 4. The molecule has 0 aliphatic rings. The minimum atomic E-state index is -1.20. The Morgan fingerprint density at radius 2 is 1.79 bits per heavy atom. The summed E-state index contributed by atoms with van der Waals surface area (Å²) < 4.78 is 17.0. The Kier molecular flexibility index (Phi) is 4.93. The summed E-state index contributed by atoms with van der Waals surface area (Å²) in [7, 11) is 0. The molecule has 28 heavy (non-hydrogen) atoms. The van der Waals surface area contributed by atoms with Crippen LogP contribution in [-0.2, 0) is 5.41 Å². The summed E-state index contributed by atoms with van der Waals surface area (Å²) in [6, 6.07) is 8.92. The van der Waals surface area contributed by atoms with Gasteiger partial charge in [0.1, 0.15) is 5.69 Å². The summed E-state index contributed by atoms with van der Waals surface area (Å²) in [6.07, 6.45) is 1.38. The number of nitrogens with zero attached hydrogens (tertiary/aromatic N) is 3. The molecule has 3 rings (SSSR count). The van der Waals surface area contributed by atoms with Crippen molar-refractivity contribution in [2.24, 2.45) is 0 Å². The van der Waals surface area contributed by atoms with Gasteiger partial charge in [0.15, 0.2) is 17.3 Å². The lowest BCUT2D eigenvalue weighted by molar-refractivity contribution is 0.0691. The number of anilines is 2. The summed E-state index contributed by atoms with van der Waals surface area (Å²) >= 11 is 0. The number of pyridine rings is 1. The van der Waals surface area contributed by atoms with E-state index in [2.05, 4.69) is 15.4 Å². The van der Waals surface area contributed by atoms with Crippen LogP contribution in [0.15, 0.2) is 36.5 Å². The van der Waals surface area contributed by atoms with Crippen molar-refractivity contribution >= 4 is 17.5 Å². The molecule has 6 nitrogen and oxygen atoms in total. The average molecular weight is 382 g/mol. The van der Waals surface area contributed by atoms with Crippen LogP contribution in [0.25, 0.3) is 5.69 Å². The third-order valence-corrected chi connectivity index (χ3v) is 4.45. The zero-order valence-electron chi connectivity index (χ0n) is 16.5. The molecule has 0 fully saturated rings. The Labute approximate surface area is 163 Å². The molecule has 2 heterocycles. The monoisotopic (exact) mass is 382 g/mol. The van der Waals surface area contributed by atoms with E-state index in [0.29, 0.717) is 5.69 Å². The predicted octanol–water partition coefficient (Wildman–Crippen LogP) is 4.76. The number of hydrogen-bond donors (Lipinski definition) is 2. The van der Waals surface area contributed by atoms with Gasteiger partial charge in [-0.3, -0.25) is 0 Å². The van der Waals surface area contributed by atoms with E-state index in [0.717, 1.165) is 16.8 Å².